The summed E-state index contributed by atoms with van der Waals surface area (Å²) in [6, 6.07) is 0. The van der Waals surface area contributed by atoms with Gasteiger partial charge < -0.3 is 10.2 Å². The quantitative estimate of drug-likeness (QED) is 0.711. The highest BCUT2D eigenvalue weighted by atomic mass is 35.5. The van der Waals surface area contributed by atoms with E-state index in [-0.39, 0.29) is 42.2 Å². The Hall–Kier alpha value is -0.330. The maximum absolute atomic E-state index is 11.6. The van der Waals surface area contributed by atoms with Gasteiger partial charge in [-0.2, -0.15) is 0 Å². The van der Waals surface area contributed by atoms with Gasteiger partial charge in [0.1, 0.15) is 0 Å². The SMILES string of the molecule is CNCCN(C)C(=O)CCS(=O)(=O)CC(C)C.Cl. The number of halogens is 1. The van der Waals surface area contributed by atoms with Gasteiger partial charge in [-0.25, -0.2) is 8.42 Å². The topological polar surface area (TPSA) is 66.5 Å². The zero-order valence-electron chi connectivity index (χ0n) is 11.6. The molecule has 0 bridgehead atoms. The molecule has 0 aliphatic heterocycles. The molecule has 0 aromatic carbocycles. The molecule has 1 amide bonds. The summed E-state index contributed by atoms with van der Waals surface area (Å²) in [5.74, 6) is 0.0960. The minimum atomic E-state index is -3.09. The first-order chi connectivity index (χ1) is 7.78. The summed E-state index contributed by atoms with van der Waals surface area (Å²) in [6.45, 7) is 5.03. The van der Waals surface area contributed by atoms with Crippen LogP contribution in [-0.4, -0.2) is 57.9 Å². The molecule has 1 N–H and O–H groups in total. The number of nitrogens with zero attached hydrogens (tertiary/aromatic N) is 1. The van der Waals surface area contributed by atoms with Crippen LogP contribution in [0, 0.1) is 5.92 Å². The van der Waals surface area contributed by atoms with Crippen LogP contribution in [0.15, 0.2) is 0 Å². The van der Waals surface area contributed by atoms with Crippen LogP contribution in [-0.2, 0) is 14.6 Å². The first-order valence-corrected chi connectivity index (χ1v) is 7.69. The van der Waals surface area contributed by atoms with Gasteiger partial charge in [-0.3, -0.25) is 4.79 Å². The van der Waals surface area contributed by atoms with Crippen LogP contribution in [0.3, 0.4) is 0 Å². The van der Waals surface area contributed by atoms with Crippen LogP contribution in [0.1, 0.15) is 20.3 Å². The molecule has 0 atom stereocenters. The van der Waals surface area contributed by atoms with Crippen molar-refractivity contribution in [3.8, 4) is 0 Å². The Balaban J connectivity index is 0. The van der Waals surface area contributed by atoms with Gasteiger partial charge in [0.25, 0.3) is 0 Å². The Morgan fingerprint density at radius 1 is 1.33 bits per heavy atom. The minimum Gasteiger partial charge on any atom is -0.344 e. The lowest BCUT2D eigenvalue weighted by Crippen LogP contribution is -2.34. The minimum absolute atomic E-state index is 0. The lowest BCUT2D eigenvalue weighted by atomic mass is 10.3. The van der Waals surface area contributed by atoms with E-state index in [1.807, 2.05) is 20.9 Å². The van der Waals surface area contributed by atoms with Crippen molar-refractivity contribution < 1.29 is 13.2 Å². The van der Waals surface area contributed by atoms with Crippen molar-refractivity contribution in [1.29, 1.82) is 0 Å². The van der Waals surface area contributed by atoms with Gasteiger partial charge in [-0.05, 0) is 13.0 Å². The zero-order chi connectivity index (χ0) is 13.5. The summed E-state index contributed by atoms with van der Waals surface area (Å²) in [5, 5.41) is 2.94. The average molecular weight is 301 g/mol. The highest BCUT2D eigenvalue weighted by Crippen LogP contribution is 2.03. The average Bonchev–Trinajstić information content (AvgIpc) is 2.20. The summed E-state index contributed by atoms with van der Waals surface area (Å²) < 4.78 is 23.2. The van der Waals surface area contributed by atoms with Crippen molar-refractivity contribution in [2.24, 2.45) is 5.92 Å². The van der Waals surface area contributed by atoms with Crippen molar-refractivity contribution in [2.75, 3.05) is 38.7 Å². The van der Waals surface area contributed by atoms with Crippen molar-refractivity contribution in [2.45, 2.75) is 20.3 Å². The molecule has 0 aromatic rings. The molecule has 0 aliphatic carbocycles. The van der Waals surface area contributed by atoms with Gasteiger partial charge in [0.2, 0.25) is 5.91 Å². The summed E-state index contributed by atoms with van der Waals surface area (Å²) in [5.41, 5.74) is 0. The number of carbonyl (C=O) groups excluding carboxylic acids is 1. The van der Waals surface area contributed by atoms with Crippen LogP contribution in [0.5, 0.6) is 0 Å². The smallest absolute Gasteiger partial charge is 0.223 e. The lowest BCUT2D eigenvalue weighted by Gasteiger charge is -2.17. The van der Waals surface area contributed by atoms with Gasteiger partial charge in [0.05, 0.1) is 11.5 Å². The molecular formula is C11H25ClN2O3S. The normalized spacial score (nSPS) is 11.2. The van der Waals surface area contributed by atoms with Crippen molar-refractivity contribution >= 4 is 28.2 Å². The monoisotopic (exact) mass is 300 g/mol. The van der Waals surface area contributed by atoms with E-state index in [2.05, 4.69) is 5.32 Å². The van der Waals surface area contributed by atoms with Crippen LogP contribution < -0.4 is 5.32 Å². The van der Waals surface area contributed by atoms with Crippen LogP contribution in [0.4, 0.5) is 0 Å². The molecule has 5 nitrogen and oxygen atoms in total. The van der Waals surface area contributed by atoms with Crippen molar-refractivity contribution in [3.05, 3.63) is 0 Å². The fraction of sp³-hybridized carbons (Fsp3) is 0.909. The molecule has 0 spiro atoms. The Kier molecular flexibility index (Phi) is 10.6. The maximum Gasteiger partial charge on any atom is 0.223 e. The van der Waals surface area contributed by atoms with E-state index < -0.39 is 9.84 Å². The molecular weight excluding hydrogens is 276 g/mol. The largest absolute Gasteiger partial charge is 0.344 e. The Bertz CT molecular complexity index is 331. The van der Waals surface area contributed by atoms with E-state index in [1.54, 1.807) is 11.9 Å². The van der Waals surface area contributed by atoms with Gasteiger partial charge >= 0.3 is 0 Å². The highest BCUT2D eigenvalue weighted by molar-refractivity contribution is 7.91. The van der Waals surface area contributed by atoms with Gasteiger partial charge in [0, 0.05) is 26.6 Å². The molecule has 0 saturated heterocycles. The predicted octanol–water partition coefficient (Wildman–Crippen LogP) is 0.547. The second kappa shape index (κ2) is 9.58. The number of sulfone groups is 1. The van der Waals surface area contributed by atoms with Crippen molar-refractivity contribution in [3.63, 3.8) is 0 Å². The first-order valence-electron chi connectivity index (χ1n) is 5.87. The molecule has 0 aliphatic rings. The van der Waals surface area contributed by atoms with Gasteiger partial charge in [0.15, 0.2) is 9.84 Å². The Morgan fingerprint density at radius 3 is 2.33 bits per heavy atom. The van der Waals surface area contributed by atoms with E-state index in [1.165, 1.54) is 0 Å². The number of amides is 1. The fourth-order valence-corrected chi connectivity index (χ4v) is 3.10. The third kappa shape index (κ3) is 9.67. The van der Waals surface area contributed by atoms with E-state index in [9.17, 15) is 13.2 Å². The predicted molar refractivity (Wildman–Crippen MR) is 76.9 cm³/mol. The molecule has 0 aromatic heterocycles. The summed E-state index contributed by atoms with van der Waals surface area (Å²) in [4.78, 5) is 13.2. The second-order valence-electron chi connectivity index (χ2n) is 4.68. The van der Waals surface area contributed by atoms with Crippen LogP contribution in [0.2, 0.25) is 0 Å². The molecule has 18 heavy (non-hydrogen) atoms. The molecule has 7 heteroatoms. The summed E-state index contributed by atoms with van der Waals surface area (Å²) in [7, 11) is 0.407. The molecule has 0 unspecified atom stereocenters. The van der Waals surface area contributed by atoms with Gasteiger partial charge in [-0.15, -0.1) is 12.4 Å². The number of nitrogens with one attached hydrogen (secondary N) is 1. The lowest BCUT2D eigenvalue weighted by molar-refractivity contribution is -0.129. The molecule has 0 rings (SSSR count). The Labute approximate surface area is 117 Å². The summed E-state index contributed by atoms with van der Waals surface area (Å²) >= 11 is 0. The third-order valence-corrected chi connectivity index (χ3v) is 4.34. The molecule has 0 heterocycles. The zero-order valence-corrected chi connectivity index (χ0v) is 13.2. The number of rotatable bonds is 8. The van der Waals surface area contributed by atoms with Crippen LogP contribution >= 0.6 is 12.4 Å². The first kappa shape index (κ1) is 20.0. The van der Waals surface area contributed by atoms with Gasteiger partial charge in [-0.1, -0.05) is 13.8 Å². The number of hydrogen-bond acceptors (Lipinski definition) is 4. The fourth-order valence-electron chi connectivity index (χ4n) is 1.43. The standard InChI is InChI=1S/C11H24N2O3S.ClH/c1-10(2)9-17(15,16)8-5-11(14)13(4)7-6-12-3;/h10,12H,5-9H2,1-4H3;1H. The number of carbonyl (C=O) groups is 1. The van der Waals surface area contributed by atoms with E-state index in [0.717, 1.165) is 0 Å². The van der Waals surface area contributed by atoms with E-state index >= 15 is 0 Å². The molecule has 0 radical (unpaired) electrons. The van der Waals surface area contributed by atoms with Crippen LogP contribution in [0.25, 0.3) is 0 Å². The van der Waals surface area contributed by atoms with E-state index in [4.69, 9.17) is 0 Å². The summed E-state index contributed by atoms with van der Waals surface area (Å²) in [6.07, 6.45) is 0.0786. The van der Waals surface area contributed by atoms with E-state index in [0.29, 0.717) is 13.1 Å². The molecule has 0 saturated carbocycles. The Morgan fingerprint density at radius 2 is 1.89 bits per heavy atom. The molecule has 110 valence electrons. The van der Waals surface area contributed by atoms with Crippen molar-refractivity contribution in [1.82, 2.24) is 10.2 Å². The number of likely N-dealkylation sites (N-methyl/N-ethyl adjacent to an activating group) is 2. The number of hydrogen-bond donors (Lipinski definition) is 1. The second-order valence-corrected chi connectivity index (χ2v) is 6.91. The maximum atomic E-state index is 11.6. The highest BCUT2D eigenvalue weighted by Gasteiger charge is 2.17. The molecule has 0 fully saturated rings. The third-order valence-electron chi connectivity index (χ3n) is 2.34.